The van der Waals surface area contributed by atoms with E-state index in [4.69, 9.17) is 18.9 Å². The van der Waals surface area contributed by atoms with E-state index >= 15 is 0 Å². The topological polar surface area (TPSA) is 105 Å². The normalized spacial score (nSPS) is 9.94. The van der Waals surface area contributed by atoms with Gasteiger partial charge in [0.05, 0.1) is 0 Å². The zero-order chi connectivity index (χ0) is 26.3. The molecule has 0 aliphatic heterocycles. The third-order valence-corrected chi connectivity index (χ3v) is 5.04. The standard InChI is InChI=1S/2C13H16O4/c1-7-6-12(16-10(4)14)8(2)9(3)13(7)17-11(5)15;1-7-6-12(16-10(4)14)13(17-11(5)15)9(3)8(7)2/h2*6H,1-5H3. The van der Waals surface area contributed by atoms with Crippen LogP contribution in [-0.4, -0.2) is 23.9 Å². The Morgan fingerprint density at radius 1 is 0.471 bits per heavy atom. The Balaban J connectivity index is 0.000000340. The summed E-state index contributed by atoms with van der Waals surface area (Å²) in [6.45, 7) is 16.4. The van der Waals surface area contributed by atoms with Gasteiger partial charge in [0, 0.05) is 27.7 Å². The van der Waals surface area contributed by atoms with Crippen LogP contribution in [0.1, 0.15) is 61.1 Å². The third kappa shape index (κ3) is 7.72. The Hall–Kier alpha value is -3.68. The average Bonchev–Trinajstić information content (AvgIpc) is 2.70. The Kier molecular flexibility index (Phi) is 9.98. The largest absolute Gasteiger partial charge is 0.426 e. The molecule has 0 aromatic heterocycles. The zero-order valence-electron chi connectivity index (χ0n) is 21.4. The lowest BCUT2D eigenvalue weighted by molar-refractivity contribution is -0.134. The van der Waals surface area contributed by atoms with Crippen molar-refractivity contribution in [2.45, 2.75) is 69.2 Å². The second-order valence-electron chi connectivity index (χ2n) is 7.92. The molecule has 0 aliphatic rings. The summed E-state index contributed by atoms with van der Waals surface area (Å²) in [4.78, 5) is 44.0. The molecule has 0 heterocycles. The maximum absolute atomic E-state index is 11.0. The minimum atomic E-state index is -0.443. The molecule has 0 fully saturated rings. The first-order valence-corrected chi connectivity index (χ1v) is 10.6. The lowest BCUT2D eigenvalue weighted by atomic mass is 10.0. The molecule has 0 amide bonds. The van der Waals surface area contributed by atoms with Crippen molar-refractivity contribution < 1.29 is 38.1 Å². The molecule has 0 saturated heterocycles. The number of aryl methyl sites for hydroxylation is 2. The van der Waals surface area contributed by atoms with Crippen LogP contribution in [0.2, 0.25) is 0 Å². The maximum atomic E-state index is 11.0. The van der Waals surface area contributed by atoms with Crippen molar-refractivity contribution in [2.75, 3.05) is 0 Å². The van der Waals surface area contributed by atoms with Gasteiger partial charge in [-0.15, -0.1) is 0 Å². The molecule has 0 radical (unpaired) electrons. The van der Waals surface area contributed by atoms with E-state index in [9.17, 15) is 19.2 Å². The quantitative estimate of drug-likeness (QED) is 0.456. The van der Waals surface area contributed by atoms with Crippen LogP contribution in [0.25, 0.3) is 0 Å². The molecule has 0 saturated carbocycles. The summed E-state index contributed by atoms with van der Waals surface area (Å²) < 4.78 is 20.4. The summed E-state index contributed by atoms with van der Waals surface area (Å²) >= 11 is 0. The molecule has 0 spiro atoms. The van der Waals surface area contributed by atoms with Gasteiger partial charge in [-0.1, -0.05) is 0 Å². The van der Waals surface area contributed by atoms with Crippen molar-refractivity contribution in [3.8, 4) is 23.0 Å². The first kappa shape index (κ1) is 28.4. The van der Waals surface area contributed by atoms with Crippen LogP contribution in [0, 0.1) is 41.5 Å². The Labute approximate surface area is 200 Å². The fourth-order valence-electron chi connectivity index (χ4n) is 3.11. The molecule has 2 rings (SSSR count). The van der Waals surface area contributed by atoms with Crippen LogP contribution < -0.4 is 18.9 Å². The molecule has 0 unspecified atom stereocenters. The third-order valence-electron chi connectivity index (χ3n) is 5.04. The van der Waals surface area contributed by atoms with Gasteiger partial charge in [-0.25, -0.2) is 0 Å². The van der Waals surface area contributed by atoms with Gasteiger partial charge in [-0.05, 0) is 87.1 Å². The number of hydrogen-bond donors (Lipinski definition) is 0. The second-order valence-corrected chi connectivity index (χ2v) is 7.92. The van der Waals surface area contributed by atoms with Gasteiger partial charge in [0.2, 0.25) is 0 Å². The highest BCUT2D eigenvalue weighted by atomic mass is 16.6. The minimum Gasteiger partial charge on any atom is -0.426 e. The summed E-state index contributed by atoms with van der Waals surface area (Å²) in [7, 11) is 0. The van der Waals surface area contributed by atoms with Gasteiger partial charge >= 0.3 is 23.9 Å². The fourth-order valence-corrected chi connectivity index (χ4v) is 3.11. The smallest absolute Gasteiger partial charge is 0.308 e. The monoisotopic (exact) mass is 472 g/mol. The summed E-state index contributed by atoms with van der Waals surface area (Å²) in [5, 5.41) is 0. The average molecular weight is 473 g/mol. The van der Waals surface area contributed by atoms with Gasteiger partial charge in [0.25, 0.3) is 0 Å². The van der Waals surface area contributed by atoms with E-state index in [1.54, 1.807) is 19.1 Å². The van der Waals surface area contributed by atoms with E-state index in [0.29, 0.717) is 17.2 Å². The summed E-state index contributed by atoms with van der Waals surface area (Å²) in [6.07, 6.45) is 0. The Morgan fingerprint density at radius 3 is 1.32 bits per heavy atom. The van der Waals surface area contributed by atoms with E-state index < -0.39 is 11.9 Å². The lowest BCUT2D eigenvalue weighted by Gasteiger charge is -2.15. The lowest BCUT2D eigenvalue weighted by Crippen LogP contribution is -2.09. The first-order chi connectivity index (χ1) is 15.6. The van der Waals surface area contributed by atoms with Crippen LogP contribution in [0.5, 0.6) is 23.0 Å². The SMILES string of the molecule is CC(=O)Oc1cc(C)c(C)c(C)c1OC(C)=O.CC(=O)Oc1cc(C)c(OC(C)=O)c(C)c1C. The molecule has 8 heteroatoms. The summed E-state index contributed by atoms with van der Waals surface area (Å²) in [6, 6.07) is 3.39. The summed E-state index contributed by atoms with van der Waals surface area (Å²) in [5.41, 5.74) is 5.15. The molecule has 0 atom stereocenters. The minimum absolute atomic E-state index is 0.285. The number of benzene rings is 2. The molecule has 0 bridgehead atoms. The van der Waals surface area contributed by atoms with Crippen molar-refractivity contribution in [1.29, 1.82) is 0 Å². The molecule has 184 valence electrons. The fraction of sp³-hybridized carbons (Fsp3) is 0.385. The number of hydrogen-bond acceptors (Lipinski definition) is 8. The van der Waals surface area contributed by atoms with Crippen LogP contribution in [0.3, 0.4) is 0 Å². The highest BCUT2D eigenvalue weighted by Gasteiger charge is 2.17. The second kappa shape index (κ2) is 12.0. The van der Waals surface area contributed by atoms with E-state index in [2.05, 4.69) is 0 Å². The zero-order valence-corrected chi connectivity index (χ0v) is 21.4. The Bertz CT molecular complexity index is 1130. The number of carbonyl (C=O) groups excluding carboxylic acids is 4. The summed E-state index contributed by atoms with van der Waals surface area (Å²) in [5.74, 6) is 0.0205. The van der Waals surface area contributed by atoms with Crippen LogP contribution in [-0.2, 0) is 19.2 Å². The van der Waals surface area contributed by atoms with Gasteiger partial charge < -0.3 is 18.9 Å². The number of esters is 4. The van der Waals surface area contributed by atoms with Crippen molar-refractivity contribution in [3.63, 3.8) is 0 Å². The predicted molar refractivity (Wildman–Crippen MR) is 127 cm³/mol. The van der Waals surface area contributed by atoms with E-state index in [1.165, 1.54) is 27.7 Å². The van der Waals surface area contributed by atoms with Crippen LogP contribution in [0.4, 0.5) is 0 Å². The van der Waals surface area contributed by atoms with Gasteiger partial charge in [0.15, 0.2) is 11.5 Å². The Morgan fingerprint density at radius 2 is 0.853 bits per heavy atom. The molecule has 2 aromatic rings. The molecule has 2 aromatic carbocycles. The van der Waals surface area contributed by atoms with Crippen molar-refractivity contribution in [3.05, 3.63) is 45.5 Å². The molecule has 0 aliphatic carbocycles. The molecule has 8 nitrogen and oxygen atoms in total. The van der Waals surface area contributed by atoms with Crippen molar-refractivity contribution in [1.82, 2.24) is 0 Å². The molecule has 0 N–H and O–H groups in total. The van der Waals surface area contributed by atoms with Crippen molar-refractivity contribution in [2.24, 2.45) is 0 Å². The van der Waals surface area contributed by atoms with Crippen molar-refractivity contribution >= 4 is 23.9 Å². The van der Waals surface area contributed by atoms with Crippen LogP contribution in [0.15, 0.2) is 12.1 Å². The molecule has 34 heavy (non-hydrogen) atoms. The predicted octanol–water partition coefficient (Wildman–Crippen LogP) is 4.92. The maximum Gasteiger partial charge on any atom is 0.308 e. The van der Waals surface area contributed by atoms with Crippen LogP contribution >= 0.6 is 0 Å². The molecular weight excluding hydrogens is 440 g/mol. The van der Waals surface area contributed by atoms with Gasteiger partial charge in [0.1, 0.15) is 11.5 Å². The van der Waals surface area contributed by atoms with E-state index in [0.717, 1.165) is 33.4 Å². The van der Waals surface area contributed by atoms with E-state index in [-0.39, 0.29) is 17.7 Å². The highest BCUT2D eigenvalue weighted by Crippen LogP contribution is 2.36. The highest BCUT2D eigenvalue weighted by molar-refractivity contribution is 5.75. The van der Waals surface area contributed by atoms with Gasteiger partial charge in [-0.3, -0.25) is 19.2 Å². The number of rotatable bonds is 4. The number of ether oxygens (including phenoxy) is 4. The first-order valence-electron chi connectivity index (χ1n) is 10.6. The van der Waals surface area contributed by atoms with Gasteiger partial charge in [-0.2, -0.15) is 0 Å². The number of carbonyl (C=O) groups is 4. The molecular formula is C26H32O8. The van der Waals surface area contributed by atoms with E-state index in [1.807, 2.05) is 34.6 Å².